The van der Waals surface area contributed by atoms with Crippen LogP contribution >= 0.6 is 0 Å². The van der Waals surface area contributed by atoms with Crippen LogP contribution in [0, 0.1) is 0 Å². The summed E-state index contributed by atoms with van der Waals surface area (Å²) in [6.45, 7) is 3.86. The van der Waals surface area contributed by atoms with E-state index in [9.17, 15) is 0 Å². The Balaban J connectivity index is 1.97. The summed E-state index contributed by atoms with van der Waals surface area (Å²) in [6, 6.07) is 0.902. The standard InChI is InChI=1S/C8H16N2/c1-9-6-8-4-2-3-5-10(8)7-9/h8H,2-7H2,1H3. The van der Waals surface area contributed by atoms with Gasteiger partial charge >= 0.3 is 0 Å². The van der Waals surface area contributed by atoms with Crippen LogP contribution in [-0.4, -0.2) is 42.6 Å². The van der Waals surface area contributed by atoms with Crippen molar-refractivity contribution in [2.24, 2.45) is 0 Å². The first-order valence-corrected chi connectivity index (χ1v) is 4.29. The monoisotopic (exact) mass is 140 g/mol. The lowest BCUT2D eigenvalue weighted by Crippen LogP contribution is -2.35. The molecule has 0 N–H and O–H groups in total. The van der Waals surface area contributed by atoms with Gasteiger partial charge in [-0.1, -0.05) is 6.42 Å². The van der Waals surface area contributed by atoms with Crippen molar-refractivity contribution in [3.8, 4) is 0 Å². The van der Waals surface area contributed by atoms with Crippen LogP contribution < -0.4 is 0 Å². The molecule has 0 amide bonds. The van der Waals surface area contributed by atoms with Gasteiger partial charge in [-0.15, -0.1) is 0 Å². The summed E-state index contributed by atoms with van der Waals surface area (Å²) in [4.78, 5) is 5.04. The predicted molar refractivity (Wildman–Crippen MR) is 41.8 cm³/mol. The average molecular weight is 140 g/mol. The van der Waals surface area contributed by atoms with E-state index in [4.69, 9.17) is 0 Å². The highest BCUT2D eigenvalue weighted by atomic mass is 15.4. The predicted octanol–water partition coefficient (Wildman–Crippen LogP) is 0.744. The molecule has 0 aliphatic carbocycles. The molecule has 0 aromatic carbocycles. The second kappa shape index (κ2) is 2.51. The lowest BCUT2D eigenvalue weighted by atomic mass is 10.0. The van der Waals surface area contributed by atoms with Crippen molar-refractivity contribution in [3.63, 3.8) is 0 Å². The summed E-state index contributed by atoms with van der Waals surface area (Å²) in [7, 11) is 2.22. The first kappa shape index (κ1) is 6.62. The normalized spacial score (nSPS) is 36.3. The van der Waals surface area contributed by atoms with Gasteiger partial charge in [0.2, 0.25) is 0 Å². The zero-order chi connectivity index (χ0) is 6.97. The van der Waals surface area contributed by atoms with Gasteiger partial charge in [-0.2, -0.15) is 0 Å². The van der Waals surface area contributed by atoms with Gasteiger partial charge in [-0.25, -0.2) is 0 Å². The van der Waals surface area contributed by atoms with Gasteiger partial charge in [0.25, 0.3) is 0 Å². The number of hydrogen-bond acceptors (Lipinski definition) is 2. The molecule has 2 saturated heterocycles. The van der Waals surface area contributed by atoms with Crippen LogP contribution in [-0.2, 0) is 0 Å². The fourth-order valence-corrected chi connectivity index (χ4v) is 2.18. The maximum absolute atomic E-state index is 2.61. The van der Waals surface area contributed by atoms with Gasteiger partial charge in [0.15, 0.2) is 0 Å². The van der Waals surface area contributed by atoms with Crippen molar-refractivity contribution in [1.82, 2.24) is 9.80 Å². The first-order chi connectivity index (χ1) is 4.86. The summed E-state index contributed by atoms with van der Waals surface area (Å²) in [6.07, 6.45) is 4.31. The SMILES string of the molecule is CN1CC2CCCCN2C1. The Kier molecular flexibility index (Phi) is 1.66. The van der Waals surface area contributed by atoms with Crippen molar-refractivity contribution in [1.29, 1.82) is 0 Å². The van der Waals surface area contributed by atoms with Gasteiger partial charge < -0.3 is 0 Å². The molecule has 1 atom stereocenters. The maximum atomic E-state index is 2.61. The minimum absolute atomic E-state index is 0.902. The number of likely N-dealkylation sites (N-methyl/N-ethyl adjacent to an activating group) is 1. The molecule has 0 radical (unpaired) electrons. The summed E-state index contributed by atoms with van der Waals surface area (Å²) in [5.74, 6) is 0. The third kappa shape index (κ3) is 1.06. The van der Waals surface area contributed by atoms with Crippen molar-refractivity contribution in [3.05, 3.63) is 0 Å². The molecule has 1 unspecified atom stereocenters. The molecular weight excluding hydrogens is 124 g/mol. The molecule has 58 valence electrons. The Labute approximate surface area is 62.8 Å². The average Bonchev–Trinajstić information content (AvgIpc) is 2.27. The molecule has 0 aromatic rings. The van der Waals surface area contributed by atoms with E-state index >= 15 is 0 Å². The van der Waals surface area contributed by atoms with Gasteiger partial charge in [-0.3, -0.25) is 9.80 Å². The van der Waals surface area contributed by atoms with Crippen LogP contribution in [0.4, 0.5) is 0 Å². The van der Waals surface area contributed by atoms with Gasteiger partial charge in [-0.05, 0) is 26.4 Å². The molecule has 2 nitrogen and oxygen atoms in total. The molecule has 0 aromatic heterocycles. The summed E-state index contributed by atoms with van der Waals surface area (Å²) in [5, 5.41) is 0. The number of piperidine rings is 1. The van der Waals surface area contributed by atoms with E-state index in [0.29, 0.717) is 0 Å². The van der Waals surface area contributed by atoms with Crippen molar-refractivity contribution in [2.75, 3.05) is 26.8 Å². The highest BCUT2D eigenvalue weighted by Gasteiger charge is 2.29. The van der Waals surface area contributed by atoms with Crippen molar-refractivity contribution in [2.45, 2.75) is 25.3 Å². The van der Waals surface area contributed by atoms with E-state index in [2.05, 4.69) is 16.8 Å². The molecule has 10 heavy (non-hydrogen) atoms. The second-order valence-electron chi connectivity index (χ2n) is 3.64. The smallest absolute Gasteiger partial charge is 0.0507 e. The minimum atomic E-state index is 0.902. The lowest BCUT2D eigenvalue weighted by molar-refractivity contribution is 0.191. The van der Waals surface area contributed by atoms with Crippen LogP contribution in [0.25, 0.3) is 0 Å². The van der Waals surface area contributed by atoms with Gasteiger partial charge in [0, 0.05) is 12.6 Å². The maximum Gasteiger partial charge on any atom is 0.0507 e. The quantitative estimate of drug-likeness (QED) is 0.490. The largest absolute Gasteiger partial charge is 0.292 e. The molecule has 2 aliphatic rings. The molecule has 2 heteroatoms. The highest BCUT2D eigenvalue weighted by molar-refractivity contribution is 4.83. The topological polar surface area (TPSA) is 6.48 Å². The number of nitrogens with zero attached hydrogens (tertiary/aromatic N) is 2. The van der Waals surface area contributed by atoms with Crippen LogP contribution in [0.3, 0.4) is 0 Å². The van der Waals surface area contributed by atoms with Crippen molar-refractivity contribution >= 4 is 0 Å². The molecule has 2 heterocycles. The summed E-state index contributed by atoms with van der Waals surface area (Å²) < 4.78 is 0. The number of rotatable bonds is 0. The van der Waals surface area contributed by atoms with Crippen molar-refractivity contribution < 1.29 is 0 Å². The fraction of sp³-hybridized carbons (Fsp3) is 1.00. The van der Waals surface area contributed by atoms with E-state index in [0.717, 1.165) is 6.04 Å². The summed E-state index contributed by atoms with van der Waals surface area (Å²) in [5.41, 5.74) is 0. The van der Waals surface area contributed by atoms with E-state index in [1.165, 1.54) is 39.0 Å². The Morgan fingerprint density at radius 3 is 3.00 bits per heavy atom. The second-order valence-corrected chi connectivity index (χ2v) is 3.64. The van der Waals surface area contributed by atoms with Gasteiger partial charge in [0.05, 0.1) is 6.67 Å². The third-order valence-corrected chi connectivity index (χ3v) is 2.69. The molecule has 2 fully saturated rings. The molecule has 0 bridgehead atoms. The lowest BCUT2D eigenvalue weighted by Gasteiger charge is -2.27. The molecular formula is C8H16N2. The Hall–Kier alpha value is -0.0800. The first-order valence-electron chi connectivity index (χ1n) is 4.29. The molecule has 2 aliphatic heterocycles. The zero-order valence-electron chi connectivity index (χ0n) is 6.71. The van der Waals surface area contributed by atoms with Crippen LogP contribution in [0.2, 0.25) is 0 Å². The number of hydrogen-bond donors (Lipinski definition) is 0. The third-order valence-electron chi connectivity index (χ3n) is 2.69. The molecule has 2 rings (SSSR count). The minimum Gasteiger partial charge on any atom is -0.292 e. The fourth-order valence-electron chi connectivity index (χ4n) is 2.18. The number of fused-ring (bicyclic) bond motifs is 1. The van der Waals surface area contributed by atoms with Gasteiger partial charge in [0.1, 0.15) is 0 Å². The van der Waals surface area contributed by atoms with E-state index in [1.807, 2.05) is 0 Å². The van der Waals surface area contributed by atoms with E-state index in [1.54, 1.807) is 0 Å². The highest BCUT2D eigenvalue weighted by Crippen LogP contribution is 2.21. The van der Waals surface area contributed by atoms with E-state index < -0.39 is 0 Å². The molecule has 0 saturated carbocycles. The van der Waals surface area contributed by atoms with Crippen LogP contribution in [0.15, 0.2) is 0 Å². The van der Waals surface area contributed by atoms with Crippen LogP contribution in [0.5, 0.6) is 0 Å². The summed E-state index contributed by atoms with van der Waals surface area (Å²) >= 11 is 0. The van der Waals surface area contributed by atoms with E-state index in [-0.39, 0.29) is 0 Å². The molecule has 0 spiro atoms. The Morgan fingerprint density at radius 2 is 2.20 bits per heavy atom. The zero-order valence-corrected chi connectivity index (χ0v) is 6.71. The van der Waals surface area contributed by atoms with Crippen LogP contribution in [0.1, 0.15) is 19.3 Å². The Morgan fingerprint density at radius 1 is 1.30 bits per heavy atom. The Bertz CT molecular complexity index is 110.